The number of nitrogens with two attached hydrogens (primary N) is 1. The standard InChI is InChI=1S/C18H19BrN4O5/c1-28-5-4-23-15(25)13-11(7-12(20)24)22-18(14(13)16(23)26)9-6-8(19)2-3-10(9)21-17(18)27/h2-3,6,11,13-14,22H,4-5,7H2,1H3,(H2,20,24)(H,21,27). The van der Waals surface area contributed by atoms with Gasteiger partial charge in [-0.05, 0) is 18.2 Å². The molecule has 148 valence electrons. The van der Waals surface area contributed by atoms with Crippen LogP contribution < -0.4 is 16.4 Å². The average molecular weight is 451 g/mol. The Bertz CT molecular complexity index is 906. The molecule has 2 fully saturated rings. The fourth-order valence-electron chi connectivity index (χ4n) is 4.63. The van der Waals surface area contributed by atoms with Gasteiger partial charge >= 0.3 is 0 Å². The molecular formula is C18H19BrN4O5. The number of hydrogen-bond acceptors (Lipinski definition) is 6. The van der Waals surface area contributed by atoms with Crippen LogP contribution in [0.3, 0.4) is 0 Å². The summed E-state index contributed by atoms with van der Waals surface area (Å²) in [6, 6.07) is 4.54. The van der Waals surface area contributed by atoms with Gasteiger partial charge in [0.25, 0.3) is 0 Å². The summed E-state index contributed by atoms with van der Waals surface area (Å²) in [4.78, 5) is 52.1. The number of nitrogens with one attached hydrogen (secondary N) is 2. The van der Waals surface area contributed by atoms with Gasteiger partial charge in [0.1, 0.15) is 5.54 Å². The molecule has 4 amide bonds. The number of methoxy groups -OCH3 is 1. The van der Waals surface area contributed by atoms with Crippen molar-refractivity contribution in [2.45, 2.75) is 18.0 Å². The molecule has 4 unspecified atom stereocenters. The summed E-state index contributed by atoms with van der Waals surface area (Å²) in [6.07, 6.45) is -0.156. The van der Waals surface area contributed by atoms with E-state index in [1.54, 1.807) is 18.2 Å². The highest BCUT2D eigenvalue weighted by atomic mass is 79.9. The lowest BCUT2D eigenvalue weighted by atomic mass is 9.76. The maximum atomic E-state index is 13.2. The van der Waals surface area contributed by atoms with Crippen LogP contribution in [0.1, 0.15) is 12.0 Å². The minimum absolute atomic E-state index is 0.0908. The molecule has 0 aliphatic carbocycles. The second-order valence-electron chi connectivity index (χ2n) is 7.20. The number of imide groups is 1. The molecule has 4 N–H and O–H groups in total. The van der Waals surface area contributed by atoms with Gasteiger partial charge in [0.15, 0.2) is 0 Å². The lowest BCUT2D eigenvalue weighted by molar-refractivity contribution is -0.143. The number of likely N-dealkylation sites (tertiary alicyclic amines) is 1. The molecule has 0 aromatic heterocycles. The van der Waals surface area contributed by atoms with Gasteiger partial charge < -0.3 is 15.8 Å². The van der Waals surface area contributed by atoms with Crippen LogP contribution in [0.2, 0.25) is 0 Å². The van der Waals surface area contributed by atoms with Gasteiger partial charge in [-0.3, -0.25) is 29.4 Å². The van der Waals surface area contributed by atoms with E-state index in [0.29, 0.717) is 11.3 Å². The Morgan fingerprint density at radius 2 is 2.07 bits per heavy atom. The van der Waals surface area contributed by atoms with E-state index in [-0.39, 0.29) is 19.6 Å². The lowest BCUT2D eigenvalue weighted by Crippen LogP contribution is -2.53. The van der Waals surface area contributed by atoms with E-state index >= 15 is 0 Å². The number of hydrogen-bond donors (Lipinski definition) is 3. The van der Waals surface area contributed by atoms with E-state index in [9.17, 15) is 19.2 Å². The molecule has 1 aromatic rings. The Morgan fingerprint density at radius 3 is 2.75 bits per heavy atom. The Morgan fingerprint density at radius 1 is 1.32 bits per heavy atom. The molecule has 0 saturated carbocycles. The molecule has 10 heteroatoms. The van der Waals surface area contributed by atoms with E-state index in [2.05, 4.69) is 26.6 Å². The zero-order chi connectivity index (χ0) is 20.2. The van der Waals surface area contributed by atoms with Crippen molar-refractivity contribution in [3.63, 3.8) is 0 Å². The van der Waals surface area contributed by atoms with Crippen LogP contribution in [0.25, 0.3) is 0 Å². The maximum absolute atomic E-state index is 13.2. The quantitative estimate of drug-likeness (QED) is 0.527. The second-order valence-corrected chi connectivity index (χ2v) is 8.11. The largest absolute Gasteiger partial charge is 0.383 e. The zero-order valence-electron chi connectivity index (χ0n) is 15.0. The monoisotopic (exact) mass is 450 g/mol. The number of fused-ring (bicyclic) bond motifs is 4. The molecular weight excluding hydrogens is 432 g/mol. The van der Waals surface area contributed by atoms with Gasteiger partial charge in [0.2, 0.25) is 23.6 Å². The fourth-order valence-corrected chi connectivity index (χ4v) is 4.99. The van der Waals surface area contributed by atoms with Crippen LogP contribution in [-0.2, 0) is 29.5 Å². The van der Waals surface area contributed by atoms with Crippen LogP contribution in [0, 0.1) is 11.8 Å². The summed E-state index contributed by atoms with van der Waals surface area (Å²) in [5.41, 5.74) is 5.08. The molecule has 9 nitrogen and oxygen atoms in total. The third-order valence-corrected chi connectivity index (χ3v) is 6.20. The van der Waals surface area contributed by atoms with Gasteiger partial charge in [0.05, 0.1) is 25.0 Å². The summed E-state index contributed by atoms with van der Waals surface area (Å²) in [6.45, 7) is 0.277. The summed E-state index contributed by atoms with van der Waals surface area (Å²) < 4.78 is 5.73. The van der Waals surface area contributed by atoms with Crippen molar-refractivity contribution in [2.24, 2.45) is 17.6 Å². The summed E-state index contributed by atoms with van der Waals surface area (Å²) >= 11 is 3.40. The van der Waals surface area contributed by atoms with E-state index < -0.39 is 47.0 Å². The van der Waals surface area contributed by atoms with E-state index in [4.69, 9.17) is 10.5 Å². The van der Waals surface area contributed by atoms with Crippen LogP contribution in [0.4, 0.5) is 5.69 Å². The van der Waals surface area contributed by atoms with E-state index in [1.165, 1.54) is 7.11 Å². The van der Waals surface area contributed by atoms with E-state index in [0.717, 1.165) is 9.37 Å². The average Bonchev–Trinajstić information content (AvgIpc) is 3.19. The second kappa shape index (κ2) is 6.64. The van der Waals surface area contributed by atoms with Crippen LogP contribution in [-0.4, -0.2) is 54.8 Å². The molecule has 0 bridgehead atoms. The Kier molecular flexibility index (Phi) is 4.52. The van der Waals surface area contributed by atoms with Crippen molar-refractivity contribution in [2.75, 3.05) is 25.6 Å². The molecule has 2 saturated heterocycles. The van der Waals surface area contributed by atoms with Crippen LogP contribution in [0.5, 0.6) is 0 Å². The Hall–Kier alpha value is -2.30. The molecule has 3 aliphatic rings. The van der Waals surface area contributed by atoms with Crippen molar-refractivity contribution < 1.29 is 23.9 Å². The number of carbonyl (C=O) groups excluding carboxylic acids is 4. The van der Waals surface area contributed by atoms with Crippen molar-refractivity contribution in [3.05, 3.63) is 28.2 Å². The topological polar surface area (TPSA) is 131 Å². The Balaban J connectivity index is 1.85. The van der Waals surface area contributed by atoms with Gasteiger partial charge in [-0.25, -0.2) is 0 Å². The predicted octanol–water partition coefficient (Wildman–Crippen LogP) is -0.309. The fraction of sp³-hybridized carbons (Fsp3) is 0.444. The molecule has 4 rings (SSSR count). The number of amides is 4. The first kappa shape index (κ1) is 19.0. The number of rotatable bonds is 5. The summed E-state index contributed by atoms with van der Waals surface area (Å²) in [7, 11) is 1.48. The number of primary amides is 1. The first-order valence-corrected chi connectivity index (χ1v) is 9.62. The summed E-state index contributed by atoms with van der Waals surface area (Å²) in [5, 5.41) is 5.93. The van der Waals surface area contributed by atoms with Gasteiger partial charge in [0, 0.05) is 35.3 Å². The number of halogens is 1. The van der Waals surface area contributed by atoms with Crippen molar-refractivity contribution >= 4 is 45.2 Å². The highest BCUT2D eigenvalue weighted by Crippen LogP contribution is 2.53. The molecule has 28 heavy (non-hydrogen) atoms. The first-order valence-electron chi connectivity index (χ1n) is 8.83. The highest BCUT2D eigenvalue weighted by molar-refractivity contribution is 9.10. The van der Waals surface area contributed by atoms with Crippen molar-refractivity contribution in [1.29, 1.82) is 0 Å². The first-order chi connectivity index (χ1) is 13.3. The number of benzene rings is 1. The lowest BCUT2D eigenvalue weighted by Gasteiger charge is -2.29. The third-order valence-electron chi connectivity index (χ3n) is 5.71. The van der Waals surface area contributed by atoms with Gasteiger partial charge in [-0.15, -0.1) is 0 Å². The van der Waals surface area contributed by atoms with Gasteiger partial charge in [-0.2, -0.15) is 0 Å². The number of anilines is 1. The normalized spacial score (nSPS) is 30.7. The molecule has 1 spiro atoms. The van der Waals surface area contributed by atoms with E-state index in [1.807, 2.05) is 0 Å². The number of nitrogens with zero attached hydrogens (tertiary/aromatic N) is 1. The predicted molar refractivity (Wildman–Crippen MR) is 101 cm³/mol. The molecule has 4 atom stereocenters. The van der Waals surface area contributed by atoms with Crippen LogP contribution in [0.15, 0.2) is 22.7 Å². The van der Waals surface area contributed by atoms with Crippen molar-refractivity contribution in [1.82, 2.24) is 10.2 Å². The smallest absolute Gasteiger partial charge is 0.250 e. The highest BCUT2D eigenvalue weighted by Gasteiger charge is 2.70. The van der Waals surface area contributed by atoms with Crippen LogP contribution >= 0.6 is 15.9 Å². The SMILES string of the molecule is COCCN1C(=O)C2C(CC(N)=O)NC3(C(=O)Nc4ccc(Br)cc43)C2C1=O. The minimum Gasteiger partial charge on any atom is -0.383 e. The minimum atomic E-state index is -1.43. The maximum Gasteiger partial charge on any atom is 0.250 e. The molecule has 3 heterocycles. The molecule has 3 aliphatic heterocycles. The zero-order valence-corrected chi connectivity index (χ0v) is 16.6. The molecule has 0 radical (unpaired) electrons. The van der Waals surface area contributed by atoms with Gasteiger partial charge in [-0.1, -0.05) is 15.9 Å². The summed E-state index contributed by atoms with van der Waals surface area (Å²) in [5.74, 6) is -3.72. The number of ether oxygens (including phenoxy) is 1. The number of carbonyl (C=O) groups is 4. The third kappa shape index (κ3) is 2.51. The molecule has 1 aromatic carbocycles. The Labute approximate surface area is 169 Å². The van der Waals surface area contributed by atoms with Crippen molar-refractivity contribution in [3.8, 4) is 0 Å².